The number of aliphatic imine (C=N–C) groups is 1. The van der Waals surface area contributed by atoms with Gasteiger partial charge in [-0.3, -0.25) is 14.6 Å². The van der Waals surface area contributed by atoms with Crippen LogP contribution in [0.3, 0.4) is 0 Å². The van der Waals surface area contributed by atoms with Crippen LogP contribution >= 0.6 is 39.9 Å². The maximum atomic E-state index is 12.2. The molecule has 0 saturated carbocycles. The topological polar surface area (TPSA) is 83.0 Å². The molecule has 0 spiro atoms. The number of hydrogen-bond acceptors (Lipinski definition) is 4. The largest absolute Gasteiger partial charge is 0.469 e. The summed E-state index contributed by atoms with van der Waals surface area (Å²) in [4.78, 5) is 30.2. The lowest BCUT2D eigenvalue weighted by molar-refractivity contribution is -0.146. The predicted octanol–water partition coefficient (Wildman–Crippen LogP) is 3.16. The van der Waals surface area contributed by atoms with Gasteiger partial charge in [-0.05, 0) is 37.5 Å². The molecule has 1 aromatic rings. The fourth-order valence-corrected chi connectivity index (χ4v) is 3.42. The lowest BCUT2D eigenvalue weighted by atomic mass is 9.97. The van der Waals surface area contributed by atoms with E-state index in [2.05, 4.69) is 36.5 Å². The number of anilines is 1. The highest BCUT2D eigenvalue weighted by molar-refractivity contribution is 14.0. The minimum atomic E-state index is -0.142. The van der Waals surface area contributed by atoms with Crippen molar-refractivity contribution in [2.45, 2.75) is 26.2 Å². The van der Waals surface area contributed by atoms with Crippen LogP contribution in [-0.2, 0) is 14.3 Å². The van der Waals surface area contributed by atoms with Gasteiger partial charge in [0.2, 0.25) is 5.91 Å². The highest BCUT2D eigenvalue weighted by Gasteiger charge is 2.26. The number of ether oxygens (including phenoxy) is 1. The van der Waals surface area contributed by atoms with Crippen LogP contribution in [0.15, 0.2) is 27.7 Å². The number of nitrogens with zero attached hydrogens (tertiary/aromatic N) is 2. The summed E-state index contributed by atoms with van der Waals surface area (Å²) in [6.07, 6.45) is 1.83. The van der Waals surface area contributed by atoms with Crippen molar-refractivity contribution in [3.63, 3.8) is 0 Å². The summed E-state index contributed by atoms with van der Waals surface area (Å²) >= 11 is 3.42. The molecule has 0 radical (unpaired) electrons. The Morgan fingerprint density at radius 1 is 1.32 bits per heavy atom. The van der Waals surface area contributed by atoms with Gasteiger partial charge in [0.25, 0.3) is 0 Å². The minimum absolute atomic E-state index is 0. The van der Waals surface area contributed by atoms with Crippen LogP contribution in [0.4, 0.5) is 5.69 Å². The van der Waals surface area contributed by atoms with Crippen molar-refractivity contribution in [2.75, 3.05) is 39.1 Å². The SMILES string of the molecule is CN=C(NCCC(=O)Nc1cc(Br)ccc1C)N1CCC(C(=O)OC)CC1.I. The zero-order chi connectivity index (χ0) is 19.8. The first-order chi connectivity index (χ1) is 12.9. The molecule has 0 bridgehead atoms. The molecule has 2 rings (SSSR count). The number of carbonyl (C=O) groups excluding carboxylic acids is 2. The van der Waals surface area contributed by atoms with Gasteiger partial charge in [-0.2, -0.15) is 0 Å². The van der Waals surface area contributed by atoms with E-state index in [9.17, 15) is 9.59 Å². The van der Waals surface area contributed by atoms with Gasteiger partial charge in [0, 0.05) is 43.3 Å². The van der Waals surface area contributed by atoms with Crippen LogP contribution in [-0.4, -0.2) is 56.5 Å². The maximum Gasteiger partial charge on any atom is 0.308 e. The van der Waals surface area contributed by atoms with Crippen LogP contribution in [0.5, 0.6) is 0 Å². The molecule has 1 aliphatic heterocycles. The van der Waals surface area contributed by atoms with E-state index in [0.29, 0.717) is 13.0 Å². The number of halogens is 2. The summed E-state index contributed by atoms with van der Waals surface area (Å²) < 4.78 is 5.74. The lowest BCUT2D eigenvalue weighted by Gasteiger charge is -2.33. The van der Waals surface area contributed by atoms with Crippen molar-refractivity contribution in [3.8, 4) is 0 Å². The molecular formula is C19H28BrIN4O3. The Balaban J connectivity index is 0.00000392. The summed E-state index contributed by atoms with van der Waals surface area (Å²) in [6, 6.07) is 5.79. The fourth-order valence-electron chi connectivity index (χ4n) is 3.06. The summed E-state index contributed by atoms with van der Waals surface area (Å²) in [5, 5.41) is 6.16. The van der Waals surface area contributed by atoms with Crippen molar-refractivity contribution in [2.24, 2.45) is 10.9 Å². The molecule has 156 valence electrons. The monoisotopic (exact) mass is 566 g/mol. The Bertz CT molecular complexity index is 706. The van der Waals surface area contributed by atoms with Crippen LogP contribution < -0.4 is 10.6 Å². The van der Waals surface area contributed by atoms with E-state index in [-0.39, 0.29) is 41.8 Å². The van der Waals surface area contributed by atoms with Gasteiger partial charge in [0.1, 0.15) is 0 Å². The van der Waals surface area contributed by atoms with E-state index in [1.54, 1.807) is 7.05 Å². The smallest absolute Gasteiger partial charge is 0.308 e. The predicted molar refractivity (Wildman–Crippen MR) is 125 cm³/mol. The minimum Gasteiger partial charge on any atom is -0.469 e. The lowest BCUT2D eigenvalue weighted by Crippen LogP contribution is -2.47. The third kappa shape index (κ3) is 7.23. The zero-order valence-electron chi connectivity index (χ0n) is 16.5. The van der Waals surface area contributed by atoms with Gasteiger partial charge in [-0.25, -0.2) is 0 Å². The average Bonchev–Trinajstić information content (AvgIpc) is 2.67. The molecule has 0 aromatic heterocycles. The average molecular weight is 567 g/mol. The molecule has 9 heteroatoms. The molecule has 0 atom stereocenters. The van der Waals surface area contributed by atoms with Gasteiger partial charge in [0.05, 0.1) is 13.0 Å². The first kappa shape index (κ1) is 24.7. The molecular weight excluding hydrogens is 539 g/mol. The number of likely N-dealkylation sites (tertiary alicyclic amines) is 1. The summed E-state index contributed by atoms with van der Waals surface area (Å²) in [6.45, 7) is 3.92. The second-order valence-corrected chi connectivity index (χ2v) is 7.43. The van der Waals surface area contributed by atoms with E-state index >= 15 is 0 Å². The Morgan fingerprint density at radius 2 is 2.00 bits per heavy atom. The number of nitrogens with one attached hydrogen (secondary N) is 2. The van der Waals surface area contributed by atoms with Crippen molar-refractivity contribution in [1.82, 2.24) is 10.2 Å². The third-order valence-corrected chi connectivity index (χ3v) is 5.14. The Kier molecular flexibility index (Phi) is 10.8. The summed E-state index contributed by atoms with van der Waals surface area (Å²) in [5.41, 5.74) is 1.83. The number of guanidine groups is 1. The standard InChI is InChI=1S/C19H27BrN4O3.HI/c1-13-4-5-15(20)12-16(13)23-17(25)6-9-22-19(21-2)24-10-7-14(8-11-24)18(26)27-3;/h4-5,12,14H,6-11H2,1-3H3,(H,21,22)(H,23,25);1H. The van der Waals surface area contributed by atoms with E-state index in [1.165, 1.54) is 7.11 Å². The number of rotatable bonds is 5. The number of hydrogen-bond donors (Lipinski definition) is 2. The van der Waals surface area contributed by atoms with Crippen LogP contribution in [0.1, 0.15) is 24.8 Å². The number of amides is 1. The highest BCUT2D eigenvalue weighted by atomic mass is 127. The number of piperidine rings is 1. The second kappa shape index (κ2) is 12.3. The maximum absolute atomic E-state index is 12.2. The normalized spacial score (nSPS) is 14.9. The third-order valence-electron chi connectivity index (χ3n) is 4.65. The Labute approximate surface area is 191 Å². The van der Waals surface area contributed by atoms with E-state index in [1.807, 2.05) is 25.1 Å². The first-order valence-electron chi connectivity index (χ1n) is 9.04. The molecule has 0 unspecified atom stereocenters. The van der Waals surface area contributed by atoms with Crippen LogP contribution in [0.25, 0.3) is 0 Å². The van der Waals surface area contributed by atoms with Crippen molar-refractivity contribution >= 4 is 63.4 Å². The Morgan fingerprint density at radius 3 is 2.61 bits per heavy atom. The molecule has 1 fully saturated rings. The number of carbonyl (C=O) groups is 2. The molecule has 1 amide bonds. The van der Waals surface area contributed by atoms with E-state index in [4.69, 9.17) is 4.74 Å². The number of esters is 1. The summed E-state index contributed by atoms with van der Waals surface area (Å²) in [7, 11) is 3.15. The fraction of sp³-hybridized carbons (Fsp3) is 0.526. The zero-order valence-corrected chi connectivity index (χ0v) is 20.4. The van der Waals surface area contributed by atoms with Gasteiger partial charge in [0.15, 0.2) is 5.96 Å². The molecule has 7 nitrogen and oxygen atoms in total. The number of benzene rings is 1. The highest BCUT2D eigenvalue weighted by Crippen LogP contribution is 2.21. The van der Waals surface area contributed by atoms with Gasteiger partial charge in [-0.1, -0.05) is 22.0 Å². The molecule has 1 heterocycles. The van der Waals surface area contributed by atoms with Gasteiger partial charge in [-0.15, -0.1) is 24.0 Å². The molecule has 1 aromatic carbocycles. The van der Waals surface area contributed by atoms with Crippen LogP contribution in [0, 0.1) is 12.8 Å². The van der Waals surface area contributed by atoms with Crippen molar-refractivity contribution in [3.05, 3.63) is 28.2 Å². The molecule has 28 heavy (non-hydrogen) atoms. The van der Waals surface area contributed by atoms with Gasteiger partial charge >= 0.3 is 5.97 Å². The molecule has 0 aliphatic carbocycles. The van der Waals surface area contributed by atoms with Crippen LogP contribution in [0.2, 0.25) is 0 Å². The van der Waals surface area contributed by atoms with E-state index in [0.717, 1.165) is 47.6 Å². The molecule has 1 aliphatic rings. The van der Waals surface area contributed by atoms with E-state index < -0.39 is 0 Å². The quantitative estimate of drug-likeness (QED) is 0.248. The van der Waals surface area contributed by atoms with Gasteiger partial charge < -0.3 is 20.3 Å². The molecule has 2 N–H and O–H groups in total. The van der Waals surface area contributed by atoms with Crippen molar-refractivity contribution in [1.29, 1.82) is 0 Å². The number of aryl methyl sites for hydroxylation is 1. The second-order valence-electron chi connectivity index (χ2n) is 6.52. The molecule has 1 saturated heterocycles. The summed E-state index contributed by atoms with van der Waals surface area (Å²) in [5.74, 6) is 0.522. The first-order valence-corrected chi connectivity index (χ1v) is 9.83. The number of methoxy groups -OCH3 is 1. The van der Waals surface area contributed by atoms with Crippen molar-refractivity contribution < 1.29 is 14.3 Å². The Hall–Kier alpha value is -1.36.